The van der Waals surface area contributed by atoms with Crippen LogP contribution in [0.5, 0.6) is 0 Å². The molecule has 19 heavy (non-hydrogen) atoms. The number of pyridine rings is 1. The van der Waals surface area contributed by atoms with Gasteiger partial charge in [0.1, 0.15) is 0 Å². The Bertz CT molecular complexity index is 543. The molecule has 2 atom stereocenters. The van der Waals surface area contributed by atoms with Gasteiger partial charge in [-0.25, -0.2) is 8.78 Å². The molecule has 1 heterocycles. The quantitative estimate of drug-likeness (QED) is 0.907. The molecule has 2 nitrogen and oxygen atoms in total. The fourth-order valence-electron chi connectivity index (χ4n) is 1.97. The highest BCUT2D eigenvalue weighted by Gasteiger charge is 2.13. The van der Waals surface area contributed by atoms with E-state index in [9.17, 15) is 8.78 Å². The molecule has 2 aromatic rings. The Hall–Kier alpha value is -1.81. The van der Waals surface area contributed by atoms with Crippen molar-refractivity contribution in [1.29, 1.82) is 0 Å². The maximum atomic E-state index is 13.2. The zero-order chi connectivity index (χ0) is 13.8. The second-order valence-corrected chi connectivity index (χ2v) is 4.54. The van der Waals surface area contributed by atoms with Crippen molar-refractivity contribution < 1.29 is 8.78 Å². The van der Waals surface area contributed by atoms with Crippen LogP contribution in [-0.4, -0.2) is 4.98 Å². The Morgan fingerprint density at radius 1 is 1.00 bits per heavy atom. The van der Waals surface area contributed by atoms with Crippen LogP contribution < -0.4 is 5.32 Å². The highest BCUT2D eigenvalue weighted by atomic mass is 19.2. The molecule has 1 unspecified atom stereocenters. The molecule has 0 bridgehead atoms. The molecule has 100 valence electrons. The van der Waals surface area contributed by atoms with E-state index >= 15 is 0 Å². The highest BCUT2D eigenvalue weighted by molar-refractivity contribution is 5.21. The summed E-state index contributed by atoms with van der Waals surface area (Å²) in [4.78, 5) is 4.26. The van der Waals surface area contributed by atoms with Crippen molar-refractivity contribution >= 4 is 0 Å². The fraction of sp³-hybridized carbons (Fsp3) is 0.267. The van der Waals surface area contributed by atoms with Gasteiger partial charge in [-0.1, -0.05) is 12.1 Å². The molecule has 1 aromatic heterocycles. The lowest BCUT2D eigenvalue weighted by molar-refractivity contribution is 0.474. The van der Waals surface area contributed by atoms with Crippen LogP contribution in [0.25, 0.3) is 0 Å². The summed E-state index contributed by atoms with van der Waals surface area (Å²) >= 11 is 0. The number of nitrogens with zero attached hydrogens (tertiary/aromatic N) is 1. The van der Waals surface area contributed by atoms with Gasteiger partial charge in [-0.3, -0.25) is 4.98 Å². The smallest absolute Gasteiger partial charge is 0.159 e. The molecule has 0 saturated heterocycles. The molecule has 2 rings (SSSR count). The summed E-state index contributed by atoms with van der Waals surface area (Å²) in [5.74, 6) is -1.65. The average Bonchev–Trinajstić information content (AvgIpc) is 2.42. The van der Waals surface area contributed by atoms with E-state index in [1.54, 1.807) is 12.3 Å². The Balaban J connectivity index is 2.08. The molecule has 4 heteroatoms. The molecule has 0 aliphatic rings. The zero-order valence-corrected chi connectivity index (χ0v) is 10.9. The number of nitrogens with one attached hydrogen (secondary N) is 1. The first kappa shape index (κ1) is 13.6. The van der Waals surface area contributed by atoms with Gasteiger partial charge in [0, 0.05) is 18.3 Å². The maximum Gasteiger partial charge on any atom is 0.159 e. The van der Waals surface area contributed by atoms with Gasteiger partial charge in [0.05, 0.1) is 5.69 Å². The molecule has 0 radical (unpaired) electrons. The summed E-state index contributed by atoms with van der Waals surface area (Å²) in [5.41, 5.74) is 1.62. The molecule has 0 fully saturated rings. The van der Waals surface area contributed by atoms with E-state index in [0.717, 1.165) is 11.8 Å². The predicted molar refractivity (Wildman–Crippen MR) is 70.6 cm³/mol. The topological polar surface area (TPSA) is 24.9 Å². The SMILES string of the molecule is CC(N[C@@H](C)c1ccccn1)c1ccc(F)c(F)c1. The second kappa shape index (κ2) is 5.89. The first-order chi connectivity index (χ1) is 9.08. The lowest BCUT2D eigenvalue weighted by Gasteiger charge is -2.20. The number of aromatic nitrogens is 1. The normalized spacial score (nSPS) is 14.1. The largest absolute Gasteiger partial charge is 0.302 e. The number of hydrogen-bond donors (Lipinski definition) is 1. The van der Waals surface area contributed by atoms with Crippen molar-refractivity contribution in [2.75, 3.05) is 0 Å². The van der Waals surface area contributed by atoms with E-state index in [0.29, 0.717) is 5.56 Å². The predicted octanol–water partition coefficient (Wildman–Crippen LogP) is 3.77. The van der Waals surface area contributed by atoms with Gasteiger partial charge in [0.15, 0.2) is 11.6 Å². The molecule has 1 aromatic carbocycles. The van der Waals surface area contributed by atoms with Gasteiger partial charge in [-0.2, -0.15) is 0 Å². The van der Waals surface area contributed by atoms with Crippen molar-refractivity contribution in [2.45, 2.75) is 25.9 Å². The molecule has 0 saturated carbocycles. The third-order valence-corrected chi connectivity index (χ3v) is 3.08. The zero-order valence-electron chi connectivity index (χ0n) is 10.9. The van der Waals surface area contributed by atoms with Gasteiger partial charge in [-0.05, 0) is 43.7 Å². The minimum absolute atomic E-state index is 0.0318. The average molecular weight is 262 g/mol. The van der Waals surface area contributed by atoms with Crippen LogP contribution in [-0.2, 0) is 0 Å². The van der Waals surface area contributed by atoms with Gasteiger partial charge in [-0.15, -0.1) is 0 Å². The van der Waals surface area contributed by atoms with Crippen molar-refractivity contribution in [3.8, 4) is 0 Å². The number of hydrogen-bond acceptors (Lipinski definition) is 2. The number of benzene rings is 1. The first-order valence-corrected chi connectivity index (χ1v) is 6.20. The Labute approximate surface area is 111 Å². The Morgan fingerprint density at radius 2 is 1.79 bits per heavy atom. The van der Waals surface area contributed by atoms with Gasteiger partial charge in [0.2, 0.25) is 0 Å². The van der Waals surface area contributed by atoms with E-state index in [2.05, 4.69) is 10.3 Å². The van der Waals surface area contributed by atoms with E-state index in [-0.39, 0.29) is 12.1 Å². The monoisotopic (exact) mass is 262 g/mol. The summed E-state index contributed by atoms with van der Waals surface area (Å²) in [6.45, 7) is 3.89. The van der Waals surface area contributed by atoms with Crippen LogP contribution in [0.2, 0.25) is 0 Å². The minimum Gasteiger partial charge on any atom is -0.302 e. The first-order valence-electron chi connectivity index (χ1n) is 6.20. The van der Waals surface area contributed by atoms with Crippen LogP contribution in [0.3, 0.4) is 0 Å². The van der Waals surface area contributed by atoms with Crippen LogP contribution in [0, 0.1) is 11.6 Å². The van der Waals surface area contributed by atoms with Crippen molar-refractivity contribution in [2.24, 2.45) is 0 Å². The molecular formula is C15H16F2N2. The van der Waals surface area contributed by atoms with Gasteiger partial charge < -0.3 is 5.32 Å². The summed E-state index contributed by atoms with van der Waals surface area (Å²) in [7, 11) is 0. The highest BCUT2D eigenvalue weighted by Crippen LogP contribution is 2.19. The number of rotatable bonds is 4. The van der Waals surface area contributed by atoms with Crippen LogP contribution in [0.1, 0.15) is 37.2 Å². The van der Waals surface area contributed by atoms with Crippen LogP contribution in [0.4, 0.5) is 8.78 Å². The second-order valence-electron chi connectivity index (χ2n) is 4.54. The van der Waals surface area contributed by atoms with Crippen molar-refractivity contribution in [1.82, 2.24) is 10.3 Å². The third-order valence-electron chi connectivity index (χ3n) is 3.08. The van der Waals surface area contributed by atoms with Crippen molar-refractivity contribution in [3.63, 3.8) is 0 Å². The number of halogens is 2. The van der Waals surface area contributed by atoms with Gasteiger partial charge in [0.25, 0.3) is 0 Å². The summed E-state index contributed by atoms with van der Waals surface area (Å²) in [6, 6.07) is 9.59. The lowest BCUT2D eigenvalue weighted by atomic mass is 10.1. The minimum atomic E-state index is -0.825. The Kier molecular flexibility index (Phi) is 4.22. The molecule has 0 aliphatic carbocycles. The van der Waals surface area contributed by atoms with Gasteiger partial charge >= 0.3 is 0 Å². The fourth-order valence-corrected chi connectivity index (χ4v) is 1.97. The summed E-state index contributed by atoms with van der Waals surface area (Å²) in [5, 5.41) is 3.31. The maximum absolute atomic E-state index is 13.2. The third kappa shape index (κ3) is 3.35. The van der Waals surface area contributed by atoms with Crippen LogP contribution in [0.15, 0.2) is 42.6 Å². The molecule has 1 N–H and O–H groups in total. The standard InChI is InChI=1S/C15H16F2N2/c1-10(12-6-7-13(16)14(17)9-12)19-11(2)15-5-3-4-8-18-15/h3-11,19H,1-2H3/t10?,11-/m0/s1. The van der Waals surface area contributed by atoms with Crippen molar-refractivity contribution in [3.05, 3.63) is 65.5 Å². The summed E-state index contributed by atoms with van der Waals surface area (Å²) in [6.07, 6.45) is 1.73. The van der Waals surface area contributed by atoms with E-state index in [4.69, 9.17) is 0 Å². The lowest BCUT2D eigenvalue weighted by Crippen LogP contribution is -2.23. The Morgan fingerprint density at radius 3 is 2.42 bits per heavy atom. The molecule has 0 spiro atoms. The van der Waals surface area contributed by atoms with Crippen LogP contribution >= 0.6 is 0 Å². The summed E-state index contributed by atoms with van der Waals surface area (Å²) < 4.78 is 26.1. The van der Waals surface area contributed by atoms with E-state index in [1.807, 2.05) is 32.0 Å². The molecule has 0 amide bonds. The molecular weight excluding hydrogens is 246 g/mol. The molecule has 0 aliphatic heterocycles. The van der Waals surface area contributed by atoms with E-state index in [1.165, 1.54) is 6.07 Å². The van der Waals surface area contributed by atoms with E-state index < -0.39 is 11.6 Å².